The third-order valence-electron chi connectivity index (χ3n) is 3.25. The first-order chi connectivity index (χ1) is 10.5. The van der Waals surface area contributed by atoms with E-state index >= 15 is 0 Å². The van der Waals surface area contributed by atoms with Crippen molar-refractivity contribution in [3.63, 3.8) is 0 Å². The minimum atomic E-state index is -0.168. The second-order valence-electron chi connectivity index (χ2n) is 4.88. The number of nitrogens with zero attached hydrogens (tertiary/aromatic N) is 2. The summed E-state index contributed by atoms with van der Waals surface area (Å²) in [6.45, 7) is 5.74. The second-order valence-corrected chi connectivity index (χ2v) is 7.09. The van der Waals surface area contributed by atoms with Gasteiger partial charge in [0.1, 0.15) is 16.1 Å². The number of ether oxygens (including phenoxy) is 1. The number of nitrogens with one attached hydrogen (secondary N) is 1. The predicted octanol–water partition coefficient (Wildman–Crippen LogP) is 3.94. The van der Waals surface area contributed by atoms with E-state index in [4.69, 9.17) is 4.74 Å². The summed E-state index contributed by atoms with van der Waals surface area (Å²) in [6.07, 6.45) is 0. The standard InChI is InChI=1S/C15H15N3O2S2/c1-7-5-6-10(20-4)11-12(7)22-15(17-11)18-14(19)13-8(2)16-9(3)21-13/h5-6H,1-4H3,(H,17,18,19). The summed E-state index contributed by atoms with van der Waals surface area (Å²) in [5.41, 5.74) is 2.63. The molecule has 1 amide bonds. The zero-order valence-corrected chi connectivity index (χ0v) is 14.3. The minimum absolute atomic E-state index is 0.168. The molecular formula is C15H15N3O2S2. The van der Waals surface area contributed by atoms with E-state index in [-0.39, 0.29) is 5.91 Å². The topological polar surface area (TPSA) is 64.1 Å². The van der Waals surface area contributed by atoms with Gasteiger partial charge in [0.15, 0.2) is 5.13 Å². The van der Waals surface area contributed by atoms with Gasteiger partial charge in [-0.1, -0.05) is 17.4 Å². The van der Waals surface area contributed by atoms with Gasteiger partial charge in [-0.05, 0) is 32.4 Å². The second kappa shape index (κ2) is 5.66. The molecule has 0 aliphatic heterocycles. The average molecular weight is 333 g/mol. The molecule has 114 valence electrons. The van der Waals surface area contributed by atoms with Crippen LogP contribution in [0.25, 0.3) is 10.2 Å². The lowest BCUT2D eigenvalue weighted by molar-refractivity contribution is 0.103. The summed E-state index contributed by atoms with van der Waals surface area (Å²) < 4.78 is 6.35. The molecule has 0 spiro atoms. The molecule has 0 unspecified atom stereocenters. The molecule has 3 aromatic rings. The fraction of sp³-hybridized carbons (Fsp3) is 0.267. The quantitative estimate of drug-likeness (QED) is 0.788. The summed E-state index contributed by atoms with van der Waals surface area (Å²) in [7, 11) is 1.62. The molecule has 0 aliphatic carbocycles. The van der Waals surface area contributed by atoms with E-state index in [1.54, 1.807) is 7.11 Å². The van der Waals surface area contributed by atoms with Crippen molar-refractivity contribution in [1.82, 2.24) is 9.97 Å². The highest BCUT2D eigenvalue weighted by atomic mass is 32.1. The predicted molar refractivity (Wildman–Crippen MR) is 90.5 cm³/mol. The van der Waals surface area contributed by atoms with Crippen molar-refractivity contribution in [1.29, 1.82) is 0 Å². The van der Waals surface area contributed by atoms with Gasteiger partial charge in [0.05, 0.1) is 22.5 Å². The largest absolute Gasteiger partial charge is 0.494 e. The molecule has 1 aromatic carbocycles. The molecular weight excluding hydrogens is 318 g/mol. The number of methoxy groups -OCH3 is 1. The molecule has 1 N–H and O–H groups in total. The highest BCUT2D eigenvalue weighted by Gasteiger charge is 2.17. The van der Waals surface area contributed by atoms with Gasteiger partial charge in [0, 0.05) is 0 Å². The van der Waals surface area contributed by atoms with Crippen LogP contribution in [0.4, 0.5) is 5.13 Å². The summed E-state index contributed by atoms with van der Waals surface area (Å²) in [4.78, 5) is 21.8. The maximum Gasteiger partial charge on any atom is 0.269 e. The van der Waals surface area contributed by atoms with E-state index in [2.05, 4.69) is 15.3 Å². The normalized spacial score (nSPS) is 10.9. The fourth-order valence-corrected chi connectivity index (χ4v) is 3.98. The third-order valence-corrected chi connectivity index (χ3v) is 5.43. The van der Waals surface area contributed by atoms with E-state index in [1.165, 1.54) is 22.7 Å². The van der Waals surface area contributed by atoms with E-state index in [0.29, 0.717) is 15.8 Å². The number of amides is 1. The molecule has 0 atom stereocenters. The molecule has 0 fully saturated rings. The van der Waals surface area contributed by atoms with Gasteiger partial charge in [0.25, 0.3) is 5.91 Å². The Bertz CT molecular complexity index is 867. The van der Waals surface area contributed by atoms with Crippen LogP contribution in [0.3, 0.4) is 0 Å². The van der Waals surface area contributed by atoms with Crippen molar-refractivity contribution in [2.75, 3.05) is 12.4 Å². The highest BCUT2D eigenvalue weighted by Crippen LogP contribution is 2.35. The van der Waals surface area contributed by atoms with Crippen molar-refractivity contribution in [3.05, 3.63) is 33.3 Å². The molecule has 5 nitrogen and oxygen atoms in total. The van der Waals surface area contributed by atoms with E-state index in [1.807, 2.05) is 32.9 Å². The van der Waals surface area contributed by atoms with Crippen LogP contribution >= 0.6 is 22.7 Å². The Morgan fingerprint density at radius 1 is 1.18 bits per heavy atom. The summed E-state index contributed by atoms with van der Waals surface area (Å²) >= 11 is 2.84. The van der Waals surface area contributed by atoms with Gasteiger partial charge in [-0.15, -0.1) is 11.3 Å². The smallest absolute Gasteiger partial charge is 0.269 e. The Hall–Kier alpha value is -1.99. The van der Waals surface area contributed by atoms with Crippen molar-refractivity contribution in [2.24, 2.45) is 0 Å². The number of carbonyl (C=O) groups excluding carboxylic acids is 1. The highest BCUT2D eigenvalue weighted by molar-refractivity contribution is 7.22. The molecule has 0 aliphatic rings. The number of aryl methyl sites for hydroxylation is 3. The Labute approximate surface area is 136 Å². The number of hydrogen-bond acceptors (Lipinski definition) is 6. The van der Waals surface area contributed by atoms with Crippen LogP contribution in [0.2, 0.25) is 0 Å². The van der Waals surface area contributed by atoms with Gasteiger partial charge >= 0.3 is 0 Å². The Balaban J connectivity index is 1.96. The van der Waals surface area contributed by atoms with Crippen LogP contribution in [0, 0.1) is 20.8 Å². The number of aromatic nitrogens is 2. The van der Waals surface area contributed by atoms with Crippen LogP contribution in [0.1, 0.15) is 25.9 Å². The maximum absolute atomic E-state index is 12.4. The molecule has 0 saturated heterocycles. The fourth-order valence-electron chi connectivity index (χ4n) is 2.22. The van der Waals surface area contributed by atoms with E-state index in [9.17, 15) is 4.79 Å². The molecule has 0 saturated carbocycles. The average Bonchev–Trinajstić information content (AvgIpc) is 3.03. The van der Waals surface area contributed by atoms with Crippen LogP contribution in [0.5, 0.6) is 5.75 Å². The summed E-state index contributed by atoms with van der Waals surface area (Å²) in [5.74, 6) is 0.543. The molecule has 7 heteroatoms. The summed E-state index contributed by atoms with van der Waals surface area (Å²) in [6, 6.07) is 3.88. The first-order valence-electron chi connectivity index (χ1n) is 6.69. The molecule has 2 heterocycles. The van der Waals surface area contributed by atoms with Crippen molar-refractivity contribution in [3.8, 4) is 5.75 Å². The van der Waals surface area contributed by atoms with Crippen molar-refractivity contribution >= 4 is 43.9 Å². The van der Waals surface area contributed by atoms with E-state index < -0.39 is 0 Å². The number of fused-ring (bicyclic) bond motifs is 1. The van der Waals surface area contributed by atoms with Gasteiger partial charge in [-0.2, -0.15) is 0 Å². The van der Waals surface area contributed by atoms with Gasteiger partial charge < -0.3 is 4.74 Å². The number of anilines is 1. The van der Waals surface area contributed by atoms with Crippen molar-refractivity contribution in [2.45, 2.75) is 20.8 Å². The van der Waals surface area contributed by atoms with Gasteiger partial charge in [-0.3, -0.25) is 10.1 Å². The third kappa shape index (κ3) is 2.57. The molecule has 0 bridgehead atoms. The number of hydrogen-bond donors (Lipinski definition) is 1. The SMILES string of the molecule is COc1ccc(C)c2sc(NC(=O)c3sc(C)nc3C)nc12. The zero-order valence-electron chi connectivity index (χ0n) is 12.7. The minimum Gasteiger partial charge on any atom is -0.494 e. The number of benzene rings is 1. The molecule has 22 heavy (non-hydrogen) atoms. The number of carbonyl (C=O) groups is 1. The maximum atomic E-state index is 12.4. The lowest BCUT2D eigenvalue weighted by Gasteiger charge is -2.01. The molecule has 3 rings (SSSR count). The Morgan fingerprint density at radius 3 is 2.59 bits per heavy atom. The first kappa shape index (κ1) is 14.9. The molecule has 2 aromatic heterocycles. The zero-order chi connectivity index (χ0) is 15.9. The number of rotatable bonds is 3. The van der Waals surface area contributed by atoms with E-state index in [0.717, 1.165) is 26.5 Å². The Morgan fingerprint density at radius 2 is 1.95 bits per heavy atom. The number of thiazole rings is 2. The van der Waals surface area contributed by atoms with Gasteiger partial charge in [0.2, 0.25) is 0 Å². The lowest BCUT2D eigenvalue weighted by atomic mass is 10.2. The molecule has 0 radical (unpaired) electrons. The van der Waals surface area contributed by atoms with Crippen LogP contribution in [0.15, 0.2) is 12.1 Å². The van der Waals surface area contributed by atoms with Crippen LogP contribution in [-0.2, 0) is 0 Å². The summed E-state index contributed by atoms with van der Waals surface area (Å²) in [5, 5.41) is 4.31. The monoisotopic (exact) mass is 333 g/mol. The van der Waals surface area contributed by atoms with Crippen molar-refractivity contribution < 1.29 is 9.53 Å². The van der Waals surface area contributed by atoms with Gasteiger partial charge in [-0.25, -0.2) is 9.97 Å². The first-order valence-corrected chi connectivity index (χ1v) is 8.32. The van der Waals surface area contributed by atoms with Crippen LogP contribution in [-0.4, -0.2) is 23.0 Å². The lowest BCUT2D eigenvalue weighted by Crippen LogP contribution is -2.11. The van der Waals surface area contributed by atoms with Crippen LogP contribution < -0.4 is 10.1 Å². The Kier molecular flexibility index (Phi) is 3.84.